The van der Waals surface area contributed by atoms with Crippen molar-refractivity contribution in [1.82, 2.24) is 30.2 Å². The van der Waals surface area contributed by atoms with Gasteiger partial charge in [-0.25, -0.2) is 5.43 Å². The fourth-order valence-corrected chi connectivity index (χ4v) is 1.87. The maximum atomic E-state index is 5.62. The third kappa shape index (κ3) is 2.06. The zero-order valence-electron chi connectivity index (χ0n) is 10.3. The molecule has 0 fully saturated rings. The molecule has 0 aliphatic rings. The monoisotopic (exact) mass is 235 g/mol. The predicted octanol–water partition coefficient (Wildman–Crippen LogP) is -0.336. The molecule has 0 saturated heterocycles. The maximum absolute atomic E-state index is 5.62. The highest BCUT2D eigenvalue weighted by molar-refractivity contribution is 5.22. The van der Waals surface area contributed by atoms with E-state index in [9.17, 15) is 0 Å². The van der Waals surface area contributed by atoms with E-state index < -0.39 is 0 Å². The van der Waals surface area contributed by atoms with Gasteiger partial charge in [-0.1, -0.05) is 12.1 Å². The van der Waals surface area contributed by atoms with Crippen LogP contribution in [0.15, 0.2) is 12.3 Å². The molecule has 0 amide bonds. The smallest absolute Gasteiger partial charge is 0.106 e. The molecular weight excluding hydrogens is 218 g/mol. The van der Waals surface area contributed by atoms with Crippen molar-refractivity contribution in [3.8, 4) is 0 Å². The van der Waals surface area contributed by atoms with E-state index in [0.29, 0.717) is 0 Å². The first kappa shape index (κ1) is 11.7. The Balaban J connectivity index is 2.42. The Morgan fingerprint density at radius 2 is 2.12 bits per heavy atom. The number of hydrogen-bond donors (Lipinski definition) is 2. The van der Waals surface area contributed by atoms with E-state index in [4.69, 9.17) is 5.84 Å². The number of hydrazine groups is 1. The van der Waals surface area contributed by atoms with Gasteiger partial charge in [-0.15, -0.1) is 5.10 Å². The molecule has 7 heteroatoms. The van der Waals surface area contributed by atoms with Crippen molar-refractivity contribution in [3.63, 3.8) is 0 Å². The zero-order chi connectivity index (χ0) is 12.4. The fraction of sp³-hybridized carbons (Fsp3) is 0.500. The number of nitrogens with two attached hydrogens (primary N) is 1. The zero-order valence-corrected chi connectivity index (χ0v) is 10.3. The summed E-state index contributed by atoms with van der Waals surface area (Å²) in [6.07, 6.45) is 2.60. The molecule has 7 nitrogen and oxygen atoms in total. The summed E-state index contributed by atoms with van der Waals surface area (Å²) in [5, 5.41) is 12.2. The van der Waals surface area contributed by atoms with E-state index in [2.05, 4.69) is 27.8 Å². The molecule has 92 valence electrons. The fourth-order valence-electron chi connectivity index (χ4n) is 1.87. The Labute approximate surface area is 99.6 Å². The van der Waals surface area contributed by atoms with Gasteiger partial charge in [-0.2, -0.15) is 5.10 Å². The molecule has 2 rings (SSSR count). The molecule has 0 aliphatic heterocycles. The number of aromatic nitrogens is 5. The molecule has 0 spiro atoms. The van der Waals surface area contributed by atoms with Crippen molar-refractivity contribution in [1.29, 1.82) is 0 Å². The highest BCUT2D eigenvalue weighted by atomic mass is 15.4. The summed E-state index contributed by atoms with van der Waals surface area (Å²) in [5.74, 6) is 5.62. The molecule has 0 saturated carbocycles. The van der Waals surface area contributed by atoms with Crippen LogP contribution in [0, 0.1) is 0 Å². The third-order valence-corrected chi connectivity index (χ3v) is 2.84. The number of rotatable bonds is 4. The molecule has 1 atom stereocenters. The summed E-state index contributed by atoms with van der Waals surface area (Å²) in [5.41, 5.74) is 5.71. The minimum absolute atomic E-state index is 0.159. The largest absolute Gasteiger partial charge is 0.270 e. The van der Waals surface area contributed by atoms with Crippen LogP contribution in [0.5, 0.6) is 0 Å². The molecule has 2 aromatic rings. The Kier molecular flexibility index (Phi) is 3.21. The molecule has 0 bridgehead atoms. The molecule has 3 N–H and O–H groups in total. The molecule has 2 heterocycles. The lowest BCUT2D eigenvalue weighted by Crippen LogP contribution is -2.31. The van der Waals surface area contributed by atoms with Gasteiger partial charge in [0.15, 0.2) is 0 Å². The molecular formula is C10H17N7. The van der Waals surface area contributed by atoms with Gasteiger partial charge >= 0.3 is 0 Å². The first-order chi connectivity index (χ1) is 8.17. The van der Waals surface area contributed by atoms with Gasteiger partial charge in [0.2, 0.25) is 0 Å². The molecule has 17 heavy (non-hydrogen) atoms. The highest BCUT2D eigenvalue weighted by Gasteiger charge is 2.20. The Morgan fingerprint density at radius 3 is 2.59 bits per heavy atom. The van der Waals surface area contributed by atoms with Gasteiger partial charge < -0.3 is 0 Å². The predicted molar refractivity (Wildman–Crippen MR) is 62.8 cm³/mol. The summed E-state index contributed by atoms with van der Waals surface area (Å²) in [6.45, 7) is 2.07. The van der Waals surface area contributed by atoms with Crippen LogP contribution >= 0.6 is 0 Å². The number of hydrogen-bond acceptors (Lipinski definition) is 5. The maximum Gasteiger partial charge on any atom is 0.106 e. The minimum atomic E-state index is -0.159. The second-order valence-electron chi connectivity index (χ2n) is 3.92. The second kappa shape index (κ2) is 4.64. The lowest BCUT2D eigenvalue weighted by Gasteiger charge is -2.15. The number of nitrogens with zero attached hydrogens (tertiary/aromatic N) is 5. The van der Waals surface area contributed by atoms with Gasteiger partial charge in [-0.3, -0.25) is 15.2 Å². The van der Waals surface area contributed by atoms with Gasteiger partial charge in [0.05, 0.1) is 23.3 Å². The first-order valence-electron chi connectivity index (χ1n) is 5.50. The quantitative estimate of drug-likeness (QED) is 0.559. The van der Waals surface area contributed by atoms with E-state index in [-0.39, 0.29) is 6.04 Å². The lowest BCUT2D eigenvalue weighted by molar-refractivity contribution is 0.532. The summed E-state index contributed by atoms with van der Waals surface area (Å²) in [7, 11) is 3.74. The third-order valence-electron chi connectivity index (χ3n) is 2.84. The molecule has 2 aromatic heterocycles. The van der Waals surface area contributed by atoms with Crippen molar-refractivity contribution < 1.29 is 0 Å². The van der Waals surface area contributed by atoms with E-state index in [1.165, 1.54) is 0 Å². The van der Waals surface area contributed by atoms with Crippen LogP contribution in [-0.4, -0.2) is 24.8 Å². The molecule has 0 aromatic carbocycles. The van der Waals surface area contributed by atoms with Crippen molar-refractivity contribution in [2.45, 2.75) is 19.4 Å². The highest BCUT2D eigenvalue weighted by Crippen LogP contribution is 2.20. The average Bonchev–Trinajstić information content (AvgIpc) is 2.88. The van der Waals surface area contributed by atoms with Crippen molar-refractivity contribution in [2.24, 2.45) is 19.9 Å². The summed E-state index contributed by atoms with van der Waals surface area (Å²) in [6, 6.07) is 1.88. The Bertz CT molecular complexity index is 498. The van der Waals surface area contributed by atoms with Crippen LogP contribution in [-0.2, 0) is 20.5 Å². The van der Waals surface area contributed by atoms with Crippen molar-refractivity contribution in [3.05, 3.63) is 29.3 Å². The summed E-state index contributed by atoms with van der Waals surface area (Å²) < 4.78 is 3.53. The Morgan fingerprint density at radius 1 is 1.35 bits per heavy atom. The van der Waals surface area contributed by atoms with Crippen molar-refractivity contribution in [2.75, 3.05) is 0 Å². The minimum Gasteiger partial charge on any atom is -0.270 e. The summed E-state index contributed by atoms with van der Waals surface area (Å²) >= 11 is 0. The average molecular weight is 235 g/mol. The van der Waals surface area contributed by atoms with Crippen LogP contribution in [0.1, 0.15) is 30.0 Å². The lowest BCUT2D eigenvalue weighted by atomic mass is 10.1. The van der Waals surface area contributed by atoms with Crippen LogP contribution in [0.3, 0.4) is 0 Å². The van der Waals surface area contributed by atoms with Gasteiger partial charge in [0.1, 0.15) is 6.04 Å². The molecule has 0 radical (unpaired) electrons. The van der Waals surface area contributed by atoms with E-state index in [1.807, 2.05) is 24.8 Å². The number of aryl methyl sites for hydroxylation is 3. The Hall–Kier alpha value is -1.73. The topological polar surface area (TPSA) is 86.6 Å². The van der Waals surface area contributed by atoms with E-state index in [0.717, 1.165) is 23.5 Å². The van der Waals surface area contributed by atoms with Crippen molar-refractivity contribution >= 4 is 0 Å². The van der Waals surface area contributed by atoms with Crippen LogP contribution in [0.4, 0.5) is 0 Å². The van der Waals surface area contributed by atoms with E-state index in [1.54, 1.807) is 10.9 Å². The second-order valence-corrected chi connectivity index (χ2v) is 3.92. The normalized spacial score (nSPS) is 12.9. The standard InChI is InChI=1S/C10H17N7/c1-4-7-5-8(16(2)14-7)10(13-11)9-6-12-15-17(9)3/h5-6,10,13H,4,11H2,1-3H3. The van der Waals surface area contributed by atoms with Gasteiger partial charge in [0.25, 0.3) is 0 Å². The van der Waals surface area contributed by atoms with Gasteiger partial charge in [0, 0.05) is 14.1 Å². The molecule has 0 aliphatic carbocycles. The van der Waals surface area contributed by atoms with E-state index >= 15 is 0 Å². The van der Waals surface area contributed by atoms with Crippen LogP contribution < -0.4 is 11.3 Å². The first-order valence-corrected chi connectivity index (χ1v) is 5.50. The van der Waals surface area contributed by atoms with Crippen LogP contribution in [0.2, 0.25) is 0 Å². The van der Waals surface area contributed by atoms with Gasteiger partial charge in [-0.05, 0) is 12.5 Å². The van der Waals surface area contributed by atoms with Crippen LogP contribution in [0.25, 0.3) is 0 Å². The summed E-state index contributed by atoms with van der Waals surface area (Å²) in [4.78, 5) is 0. The number of nitrogens with one attached hydrogen (secondary N) is 1. The SMILES string of the molecule is CCc1cc(C(NN)c2cnnn2C)n(C)n1. The molecule has 1 unspecified atom stereocenters.